The molecule has 1 aromatic carbocycles. The minimum absolute atomic E-state index is 0.153. The van der Waals surface area contributed by atoms with Crippen molar-refractivity contribution in [2.24, 2.45) is 5.92 Å². The Kier molecular flexibility index (Phi) is 5.94. The summed E-state index contributed by atoms with van der Waals surface area (Å²) in [6, 6.07) is 4.81. The van der Waals surface area contributed by atoms with Gasteiger partial charge in [-0.1, -0.05) is 35.8 Å². The molecule has 0 aliphatic rings. The fourth-order valence-corrected chi connectivity index (χ4v) is 2.36. The predicted molar refractivity (Wildman–Crippen MR) is 76.6 cm³/mol. The van der Waals surface area contributed by atoms with Gasteiger partial charge in [0, 0.05) is 22.6 Å². The maximum absolute atomic E-state index is 13.9. The van der Waals surface area contributed by atoms with Gasteiger partial charge in [-0.25, -0.2) is 4.39 Å². The Hall–Kier alpha value is -0.940. The molecule has 0 aliphatic carbocycles. The van der Waals surface area contributed by atoms with Gasteiger partial charge in [0.2, 0.25) is 0 Å². The third-order valence-corrected chi connectivity index (χ3v) is 3.79. The smallest absolute Gasteiger partial charge is 0.307 e. The largest absolute Gasteiger partial charge is 0.481 e. The SMILES string of the molecule is CCN(CC(C)C(=O)O)C(C)c1ccc(Br)cc1F. The van der Waals surface area contributed by atoms with E-state index in [1.54, 1.807) is 19.1 Å². The Balaban J connectivity index is 2.88. The van der Waals surface area contributed by atoms with Gasteiger partial charge in [0.05, 0.1) is 5.92 Å². The van der Waals surface area contributed by atoms with E-state index in [1.165, 1.54) is 6.07 Å². The molecule has 0 amide bonds. The molecular formula is C14H19BrFNO2. The Morgan fingerprint density at radius 1 is 1.47 bits per heavy atom. The average Bonchev–Trinajstić information content (AvgIpc) is 2.34. The number of hydrogen-bond donors (Lipinski definition) is 1. The summed E-state index contributed by atoms with van der Waals surface area (Å²) in [6.45, 7) is 6.58. The van der Waals surface area contributed by atoms with Gasteiger partial charge in [0.1, 0.15) is 5.82 Å². The zero-order chi connectivity index (χ0) is 14.6. The quantitative estimate of drug-likeness (QED) is 0.864. The van der Waals surface area contributed by atoms with E-state index >= 15 is 0 Å². The molecule has 2 unspecified atom stereocenters. The molecule has 0 bridgehead atoms. The first-order chi connectivity index (χ1) is 8.86. The summed E-state index contributed by atoms with van der Waals surface area (Å²) in [5, 5.41) is 8.96. The molecule has 3 nitrogen and oxygen atoms in total. The third kappa shape index (κ3) is 4.28. The lowest BCUT2D eigenvalue weighted by Gasteiger charge is -2.29. The molecule has 1 rings (SSSR count). The van der Waals surface area contributed by atoms with Crippen molar-refractivity contribution in [2.45, 2.75) is 26.8 Å². The van der Waals surface area contributed by atoms with Crippen LogP contribution >= 0.6 is 15.9 Å². The first-order valence-electron chi connectivity index (χ1n) is 6.28. The lowest BCUT2D eigenvalue weighted by molar-refractivity contribution is -0.141. The van der Waals surface area contributed by atoms with Crippen LogP contribution in [0.2, 0.25) is 0 Å². The van der Waals surface area contributed by atoms with Crippen LogP contribution in [0.5, 0.6) is 0 Å². The van der Waals surface area contributed by atoms with Crippen molar-refractivity contribution in [2.75, 3.05) is 13.1 Å². The van der Waals surface area contributed by atoms with Gasteiger partial charge >= 0.3 is 5.97 Å². The summed E-state index contributed by atoms with van der Waals surface area (Å²) >= 11 is 3.23. The first-order valence-corrected chi connectivity index (χ1v) is 7.07. The van der Waals surface area contributed by atoms with Gasteiger partial charge in [-0.05, 0) is 25.6 Å². The molecule has 2 atom stereocenters. The molecule has 19 heavy (non-hydrogen) atoms. The number of carboxylic acid groups (broad SMARTS) is 1. The van der Waals surface area contributed by atoms with Crippen molar-refractivity contribution in [1.29, 1.82) is 0 Å². The molecule has 0 fully saturated rings. The normalized spacial score (nSPS) is 14.4. The van der Waals surface area contributed by atoms with Gasteiger partial charge in [-0.2, -0.15) is 0 Å². The number of rotatable bonds is 6. The molecule has 1 aromatic rings. The number of nitrogens with zero attached hydrogens (tertiary/aromatic N) is 1. The summed E-state index contributed by atoms with van der Waals surface area (Å²) < 4.78 is 14.6. The highest BCUT2D eigenvalue weighted by atomic mass is 79.9. The molecule has 0 aromatic heterocycles. The highest BCUT2D eigenvalue weighted by Gasteiger charge is 2.22. The van der Waals surface area contributed by atoms with E-state index in [1.807, 2.05) is 18.7 Å². The van der Waals surface area contributed by atoms with Crippen molar-refractivity contribution in [1.82, 2.24) is 4.90 Å². The predicted octanol–water partition coefficient (Wildman–Crippen LogP) is 3.69. The third-order valence-electron chi connectivity index (χ3n) is 3.30. The second-order valence-corrected chi connectivity index (χ2v) is 5.58. The van der Waals surface area contributed by atoms with Gasteiger partial charge in [0.15, 0.2) is 0 Å². The van der Waals surface area contributed by atoms with Crippen molar-refractivity contribution in [3.63, 3.8) is 0 Å². The highest BCUT2D eigenvalue weighted by Crippen LogP contribution is 2.26. The van der Waals surface area contributed by atoms with E-state index in [0.717, 1.165) is 0 Å². The maximum atomic E-state index is 13.9. The summed E-state index contributed by atoms with van der Waals surface area (Å²) in [5.74, 6) is -1.58. The number of hydrogen-bond acceptors (Lipinski definition) is 2. The Morgan fingerprint density at radius 3 is 2.58 bits per heavy atom. The monoisotopic (exact) mass is 331 g/mol. The molecule has 0 saturated heterocycles. The standard InChI is InChI=1S/C14H19BrFNO2/c1-4-17(8-9(2)14(18)19)10(3)12-6-5-11(15)7-13(12)16/h5-7,9-10H,4,8H2,1-3H3,(H,18,19). The summed E-state index contributed by atoms with van der Waals surface area (Å²) in [5.41, 5.74) is 0.586. The molecule has 106 valence electrons. The zero-order valence-electron chi connectivity index (χ0n) is 11.4. The van der Waals surface area contributed by atoms with Crippen LogP contribution in [0.15, 0.2) is 22.7 Å². The van der Waals surface area contributed by atoms with E-state index < -0.39 is 11.9 Å². The Bertz CT molecular complexity index is 453. The van der Waals surface area contributed by atoms with Crippen molar-refractivity contribution < 1.29 is 14.3 Å². The van der Waals surface area contributed by atoms with Crippen molar-refractivity contribution in [3.05, 3.63) is 34.1 Å². The fraction of sp³-hybridized carbons (Fsp3) is 0.500. The van der Waals surface area contributed by atoms with Crippen molar-refractivity contribution >= 4 is 21.9 Å². The molecule has 0 spiro atoms. The lowest BCUT2D eigenvalue weighted by Crippen LogP contribution is -2.34. The molecule has 0 heterocycles. The summed E-state index contributed by atoms with van der Waals surface area (Å²) in [4.78, 5) is 12.9. The Labute approximate surface area is 121 Å². The van der Waals surface area contributed by atoms with Gasteiger partial charge in [-0.3, -0.25) is 9.69 Å². The van der Waals surface area contributed by atoms with Crippen LogP contribution in [-0.2, 0) is 4.79 Å². The van der Waals surface area contributed by atoms with Crippen LogP contribution in [-0.4, -0.2) is 29.1 Å². The molecule has 5 heteroatoms. The molecule has 0 radical (unpaired) electrons. The second-order valence-electron chi connectivity index (χ2n) is 4.67. The Morgan fingerprint density at radius 2 is 2.11 bits per heavy atom. The molecule has 0 saturated carbocycles. The van der Waals surface area contributed by atoms with Crippen LogP contribution < -0.4 is 0 Å². The van der Waals surface area contributed by atoms with Gasteiger partial charge < -0.3 is 5.11 Å². The highest BCUT2D eigenvalue weighted by molar-refractivity contribution is 9.10. The fourth-order valence-electron chi connectivity index (χ4n) is 2.03. The minimum atomic E-state index is -0.832. The van der Waals surface area contributed by atoms with Gasteiger partial charge in [-0.15, -0.1) is 0 Å². The van der Waals surface area contributed by atoms with E-state index in [2.05, 4.69) is 15.9 Å². The van der Waals surface area contributed by atoms with Crippen LogP contribution in [0.3, 0.4) is 0 Å². The topological polar surface area (TPSA) is 40.5 Å². The van der Waals surface area contributed by atoms with Crippen LogP contribution in [0.4, 0.5) is 4.39 Å². The van der Waals surface area contributed by atoms with E-state index in [4.69, 9.17) is 5.11 Å². The van der Waals surface area contributed by atoms with E-state index in [-0.39, 0.29) is 11.9 Å². The lowest BCUT2D eigenvalue weighted by atomic mass is 10.0. The number of halogens is 2. The first kappa shape index (κ1) is 16.1. The van der Waals surface area contributed by atoms with Crippen LogP contribution in [0, 0.1) is 11.7 Å². The number of benzene rings is 1. The molecule has 0 aliphatic heterocycles. The van der Waals surface area contributed by atoms with Crippen molar-refractivity contribution in [3.8, 4) is 0 Å². The molecule has 1 N–H and O–H groups in total. The van der Waals surface area contributed by atoms with Crippen LogP contribution in [0.1, 0.15) is 32.4 Å². The number of carbonyl (C=O) groups is 1. The van der Waals surface area contributed by atoms with Crippen LogP contribution in [0.25, 0.3) is 0 Å². The minimum Gasteiger partial charge on any atom is -0.481 e. The van der Waals surface area contributed by atoms with E-state index in [0.29, 0.717) is 23.1 Å². The summed E-state index contributed by atoms with van der Waals surface area (Å²) in [6.07, 6.45) is 0. The summed E-state index contributed by atoms with van der Waals surface area (Å²) in [7, 11) is 0. The zero-order valence-corrected chi connectivity index (χ0v) is 12.9. The molecular weight excluding hydrogens is 313 g/mol. The number of carboxylic acids is 1. The second kappa shape index (κ2) is 7.01. The van der Waals surface area contributed by atoms with E-state index in [9.17, 15) is 9.18 Å². The maximum Gasteiger partial charge on any atom is 0.307 e. The van der Waals surface area contributed by atoms with Gasteiger partial charge in [0.25, 0.3) is 0 Å². The average molecular weight is 332 g/mol. The number of aliphatic carboxylic acids is 1.